The molecule has 0 radical (unpaired) electrons. The van der Waals surface area contributed by atoms with Crippen molar-refractivity contribution in [3.05, 3.63) is 66.2 Å². The number of fused-ring (bicyclic) bond motifs is 1. The van der Waals surface area contributed by atoms with Crippen molar-refractivity contribution < 1.29 is 9.53 Å². The van der Waals surface area contributed by atoms with Crippen molar-refractivity contribution in [3.63, 3.8) is 0 Å². The molecule has 3 aromatic rings. The van der Waals surface area contributed by atoms with Crippen LogP contribution in [0.3, 0.4) is 0 Å². The highest BCUT2D eigenvalue weighted by Gasteiger charge is 2.25. The standard InChI is InChI=1S/C20H19N3O2/c1-2-23-13-5-6-16(19(23)24)14-9-11-15(12-10-14)25-20-21-17-7-3-4-8-18(17)22-20/h3-12,16H,2,13H2,1H3,(H,21,22). The highest BCUT2D eigenvalue weighted by molar-refractivity contribution is 5.87. The van der Waals surface area contributed by atoms with Crippen molar-refractivity contribution in [1.82, 2.24) is 14.9 Å². The van der Waals surface area contributed by atoms with Gasteiger partial charge in [0.05, 0.1) is 17.0 Å². The third kappa shape index (κ3) is 3.01. The Balaban J connectivity index is 1.53. The number of para-hydroxylation sites is 2. The van der Waals surface area contributed by atoms with Gasteiger partial charge in [0, 0.05) is 13.1 Å². The van der Waals surface area contributed by atoms with Crippen LogP contribution in [0.25, 0.3) is 11.0 Å². The molecule has 126 valence electrons. The molecule has 1 unspecified atom stereocenters. The maximum absolute atomic E-state index is 12.5. The summed E-state index contributed by atoms with van der Waals surface area (Å²) >= 11 is 0. The fourth-order valence-corrected chi connectivity index (χ4v) is 3.06. The first-order chi connectivity index (χ1) is 12.2. The number of hydrogen-bond acceptors (Lipinski definition) is 3. The van der Waals surface area contributed by atoms with E-state index < -0.39 is 0 Å². The van der Waals surface area contributed by atoms with E-state index in [9.17, 15) is 4.79 Å². The Morgan fingerprint density at radius 2 is 2.00 bits per heavy atom. The van der Waals surface area contributed by atoms with E-state index in [0.717, 1.165) is 23.1 Å². The molecule has 1 atom stereocenters. The zero-order valence-corrected chi connectivity index (χ0v) is 14.0. The molecule has 0 bridgehead atoms. The number of H-pyrrole nitrogens is 1. The molecule has 0 saturated carbocycles. The van der Waals surface area contributed by atoms with Gasteiger partial charge in [-0.25, -0.2) is 0 Å². The summed E-state index contributed by atoms with van der Waals surface area (Å²) < 4.78 is 5.79. The van der Waals surface area contributed by atoms with E-state index in [1.54, 1.807) is 0 Å². The van der Waals surface area contributed by atoms with Crippen LogP contribution in [0, 0.1) is 0 Å². The number of carbonyl (C=O) groups is 1. The fraction of sp³-hybridized carbons (Fsp3) is 0.200. The van der Waals surface area contributed by atoms with Gasteiger partial charge >= 0.3 is 0 Å². The average molecular weight is 333 g/mol. The Labute approximate surface area is 145 Å². The second-order valence-electron chi connectivity index (χ2n) is 6.01. The van der Waals surface area contributed by atoms with Gasteiger partial charge < -0.3 is 14.6 Å². The number of benzene rings is 2. The summed E-state index contributed by atoms with van der Waals surface area (Å²) in [6.07, 6.45) is 4.03. The van der Waals surface area contributed by atoms with Crippen LogP contribution in [0.5, 0.6) is 11.8 Å². The van der Waals surface area contributed by atoms with Gasteiger partial charge in [0.1, 0.15) is 5.75 Å². The molecule has 25 heavy (non-hydrogen) atoms. The Morgan fingerprint density at radius 3 is 2.76 bits per heavy atom. The van der Waals surface area contributed by atoms with E-state index in [-0.39, 0.29) is 11.8 Å². The van der Waals surface area contributed by atoms with E-state index in [2.05, 4.69) is 9.97 Å². The Bertz CT molecular complexity index is 895. The van der Waals surface area contributed by atoms with Crippen molar-refractivity contribution in [1.29, 1.82) is 0 Å². The number of likely N-dealkylation sites (N-methyl/N-ethyl adjacent to an activating group) is 1. The molecule has 1 amide bonds. The molecule has 2 aromatic carbocycles. The number of nitrogens with one attached hydrogen (secondary N) is 1. The van der Waals surface area contributed by atoms with Crippen LogP contribution in [-0.4, -0.2) is 33.9 Å². The van der Waals surface area contributed by atoms with E-state index in [4.69, 9.17) is 4.74 Å². The molecule has 4 rings (SSSR count). The van der Waals surface area contributed by atoms with Crippen LogP contribution < -0.4 is 4.74 Å². The number of carbonyl (C=O) groups excluding carboxylic acids is 1. The summed E-state index contributed by atoms with van der Waals surface area (Å²) in [5.41, 5.74) is 2.77. The molecular formula is C20H19N3O2. The minimum absolute atomic E-state index is 0.149. The van der Waals surface area contributed by atoms with Crippen LogP contribution in [-0.2, 0) is 4.79 Å². The van der Waals surface area contributed by atoms with Crippen LogP contribution in [0.1, 0.15) is 18.4 Å². The number of rotatable bonds is 4. The highest BCUT2D eigenvalue weighted by atomic mass is 16.5. The zero-order chi connectivity index (χ0) is 17.2. The fourth-order valence-electron chi connectivity index (χ4n) is 3.06. The van der Waals surface area contributed by atoms with Gasteiger partial charge in [0.2, 0.25) is 5.91 Å². The minimum atomic E-state index is -0.214. The predicted molar refractivity (Wildman–Crippen MR) is 96.7 cm³/mol. The first kappa shape index (κ1) is 15.4. The van der Waals surface area contributed by atoms with Crippen LogP contribution >= 0.6 is 0 Å². The molecule has 1 aromatic heterocycles. The lowest BCUT2D eigenvalue weighted by molar-refractivity contribution is -0.131. The van der Waals surface area contributed by atoms with Gasteiger partial charge in [-0.05, 0) is 36.8 Å². The summed E-state index contributed by atoms with van der Waals surface area (Å²) in [5, 5.41) is 0. The summed E-state index contributed by atoms with van der Waals surface area (Å²) in [6.45, 7) is 3.42. The minimum Gasteiger partial charge on any atom is -0.426 e. The maximum Gasteiger partial charge on any atom is 0.300 e. The second-order valence-corrected chi connectivity index (χ2v) is 6.01. The quantitative estimate of drug-likeness (QED) is 0.738. The first-order valence-corrected chi connectivity index (χ1v) is 8.42. The predicted octanol–water partition coefficient (Wildman–Crippen LogP) is 3.86. The van der Waals surface area contributed by atoms with Crippen molar-refractivity contribution in [2.24, 2.45) is 0 Å². The summed E-state index contributed by atoms with van der Waals surface area (Å²) in [5.74, 6) is 0.618. The lowest BCUT2D eigenvalue weighted by Crippen LogP contribution is -2.37. The van der Waals surface area contributed by atoms with Crippen LogP contribution in [0.2, 0.25) is 0 Å². The summed E-state index contributed by atoms with van der Waals surface area (Å²) in [4.78, 5) is 21.9. The molecule has 2 heterocycles. The molecule has 5 nitrogen and oxygen atoms in total. The van der Waals surface area contributed by atoms with Gasteiger partial charge in [0.15, 0.2) is 0 Å². The first-order valence-electron chi connectivity index (χ1n) is 8.42. The van der Waals surface area contributed by atoms with Crippen molar-refractivity contribution >= 4 is 16.9 Å². The van der Waals surface area contributed by atoms with Crippen molar-refractivity contribution in [2.75, 3.05) is 13.1 Å². The molecular weight excluding hydrogens is 314 g/mol. The Morgan fingerprint density at radius 1 is 1.20 bits per heavy atom. The van der Waals surface area contributed by atoms with Gasteiger partial charge in [-0.3, -0.25) is 4.79 Å². The van der Waals surface area contributed by atoms with Crippen LogP contribution in [0.4, 0.5) is 0 Å². The van der Waals surface area contributed by atoms with E-state index in [0.29, 0.717) is 18.3 Å². The molecule has 0 aliphatic carbocycles. The van der Waals surface area contributed by atoms with E-state index in [1.165, 1.54) is 0 Å². The van der Waals surface area contributed by atoms with Crippen molar-refractivity contribution in [3.8, 4) is 11.8 Å². The zero-order valence-electron chi connectivity index (χ0n) is 14.0. The van der Waals surface area contributed by atoms with E-state index >= 15 is 0 Å². The number of imidazole rings is 1. The second kappa shape index (κ2) is 6.43. The Kier molecular flexibility index (Phi) is 3.98. The molecule has 0 fully saturated rings. The largest absolute Gasteiger partial charge is 0.426 e. The third-order valence-corrected chi connectivity index (χ3v) is 4.44. The number of aromatic nitrogens is 2. The SMILES string of the molecule is CCN1CC=CC(c2ccc(Oc3nc4ccccc4[nH]3)cc2)C1=O. The number of aromatic amines is 1. The number of ether oxygens (including phenoxy) is 1. The molecule has 0 saturated heterocycles. The number of hydrogen-bond donors (Lipinski definition) is 1. The monoisotopic (exact) mass is 333 g/mol. The molecule has 5 heteroatoms. The lowest BCUT2D eigenvalue weighted by atomic mass is 9.95. The maximum atomic E-state index is 12.5. The van der Waals surface area contributed by atoms with Crippen molar-refractivity contribution in [2.45, 2.75) is 12.8 Å². The molecule has 0 spiro atoms. The van der Waals surface area contributed by atoms with Gasteiger partial charge in [-0.2, -0.15) is 4.98 Å². The topological polar surface area (TPSA) is 58.2 Å². The number of nitrogens with zero attached hydrogens (tertiary/aromatic N) is 2. The molecule has 1 aliphatic rings. The normalized spacial score (nSPS) is 17.2. The van der Waals surface area contributed by atoms with Gasteiger partial charge in [-0.15, -0.1) is 0 Å². The Hall–Kier alpha value is -3.08. The smallest absolute Gasteiger partial charge is 0.300 e. The summed E-state index contributed by atoms with van der Waals surface area (Å²) in [7, 11) is 0. The van der Waals surface area contributed by atoms with E-state index in [1.807, 2.05) is 72.5 Å². The lowest BCUT2D eigenvalue weighted by Gasteiger charge is -2.27. The van der Waals surface area contributed by atoms with Gasteiger partial charge in [0.25, 0.3) is 6.01 Å². The molecule has 1 aliphatic heterocycles. The number of amides is 1. The molecule has 1 N–H and O–H groups in total. The summed E-state index contributed by atoms with van der Waals surface area (Å²) in [6, 6.07) is 15.8. The highest BCUT2D eigenvalue weighted by Crippen LogP contribution is 2.27. The van der Waals surface area contributed by atoms with Crippen LogP contribution in [0.15, 0.2) is 60.7 Å². The average Bonchev–Trinajstić information content (AvgIpc) is 3.05. The third-order valence-electron chi connectivity index (χ3n) is 4.44. The van der Waals surface area contributed by atoms with Gasteiger partial charge in [-0.1, -0.05) is 36.4 Å².